The number of ether oxygens (including phenoxy) is 1. The summed E-state index contributed by atoms with van der Waals surface area (Å²) in [7, 11) is -4.36. The molecule has 33 heavy (non-hydrogen) atoms. The summed E-state index contributed by atoms with van der Waals surface area (Å²) in [5.74, 6) is -1.31. The van der Waals surface area contributed by atoms with Gasteiger partial charge in [0.25, 0.3) is 21.6 Å². The average molecular weight is 478 g/mol. The Labute approximate surface area is 189 Å². The number of aliphatic hydroxyl groups excluding tert-OH is 1. The number of carbonyl (C=O) groups is 2. The fraction of sp³-hybridized carbons (Fsp3) is 0.300. The molecule has 2 amide bonds. The van der Waals surface area contributed by atoms with E-state index in [1.807, 2.05) is 4.72 Å². The van der Waals surface area contributed by atoms with Crippen molar-refractivity contribution in [3.05, 3.63) is 64.2 Å². The van der Waals surface area contributed by atoms with Gasteiger partial charge in [-0.15, -0.1) is 0 Å². The van der Waals surface area contributed by atoms with Crippen LogP contribution in [0.15, 0.2) is 53.4 Å². The van der Waals surface area contributed by atoms with Crippen molar-refractivity contribution in [2.45, 2.75) is 11.0 Å². The van der Waals surface area contributed by atoms with E-state index in [9.17, 15) is 28.1 Å². The maximum atomic E-state index is 12.6. The number of rotatable bonds is 8. The lowest BCUT2D eigenvalue weighted by atomic mass is 10.2. The van der Waals surface area contributed by atoms with Crippen LogP contribution in [0.3, 0.4) is 0 Å². The maximum Gasteiger partial charge on any atom is 0.293 e. The highest BCUT2D eigenvalue weighted by molar-refractivity contribution is 7.90. The van der Waals surface area contributed by atoms with Crippen molar-refractivity contribution in [1.29, 1.82) is 0 Å². The molecular weight excluding hydrogens is 456 g/mol. The van der Waals surface area contributed by atoms with Crippen LogP contribution in [0, 0.1) is 10.1 Å². The lowest BCUT2D eigenvalue weighted by molar-refractivity contribution is -0.384. The van der Waals surface area contributed by atoms with Crippen LogP contribution in [0.1, 0.15) is 10.4 Å². The number of amides is 2. The predicted octanol–water partition coefficient (Wildman–Crippen LogP) is 0.345. The van der Waals surface area contributed by atoms with E-state index >= 15 is 0 Å². The minimum absolute atomic E-state index is 0.0440. The Morgan fingerprint density at radius 1 is 1.21 bits per heavy atom. The van der Waals surface area contributed by atoms with Gasteiger partial charge in [-0.2, -0.15) is 0 Å². The van der Waals surface area contributed by atoms with Gasteiger partial charge in [-0.05, 0) is 24.3 Å². The molecule has 0 spiro atoms. The van der Waals surface area contributed by atoms with Crippen LogP contribution in [0.4, 0.5) is 11.4 Å². The molecule has 1 unspecified atom stereocenters. The summed E-state index contributed by atoms with van der Waals surface area (Å²) < 4.78 is 32.6. The molecule has 1 fully saturated rings. The third kappa shape index (κ3) is 6.03. The molecule has 1 aliphatic heterocycles. The van der Waals surface area contributed by atoms with E-state index in [-0.39, 0.29) is 30.9 Å². The van der Waals surface area contributed by atoms with Gasteiger partial charge in [0.1, 0.15) is 12.3 Å². The Kier molecular flexibility index (Phi) is 7.58. The standard InChI is InChI=1S/C20H22N4O8S/c25-13-19(26)23-8-9-32-15(12-23)11-21-17-7-6-16(10-18(17)24(28)29)33(30,31)22-20(27)14-4-2-1-3-5-14/h1-7,10,15,21,25H,8-9,11-13H2,(H,22,27). The van der Waals surface area contributed by atoms with Crippen molar-refractivity contribution >= 4 is 33.2 Å². The maximum absolute atomic E-state index is 12.6. The van der Waals surface area contributed by atoms with E-state index in [1.54, 1.807) is 18.2 Å². The highest BCUT2D eigenvalue weighted by Crippen LogP contribution is 2.28. The van der Waals surface area contributed by atoms with Crippen molar-refractivity contribution < 1.29 is 32.8 Å². The van der Waals surface area contributed by atoms with Crippen LogP contribution in [-0.4, -0.2) is 74.1 Å². The van der Waals surface area contributed by atoms with Gasteiger partial charge < -0.3 is 20.1 Å². The molecule has 3 rings (SSSR count). The van der Waals surface area contributed by atoms with Crippen molar-refractivity contribution in [1.82, 2.24) is 9.62 Å². The van der Waals surface area contributed by atoms with Gasteiger partial charge in [-0.1, -0.05) is 18.2 Å². The molecule has 1 atom stereocenters. The number of nitrogens with one attached hydrogen (secondary N) is 2. The van der Waals surface area contributed by atoms with Crippen LogP contribution >= 0.6 is 0 Å². The van der Waals surface area contributed by atoms with Gasteiger partial charge in [0.15, 0.2) is 0 Å². The third-order valence-electron chi connectivity index (χ3n) is 4.89. The van der Waals surface area contributed by atoms with Crippen LogP contribution in [0.25, 0.3) is 0 Å². The molecule has 1 heterocycles. The minimum Gasteiger partial charge on any atom is -0.387 e. The number of nitro benzene ring substituents is 1. The number of carbonyl (C=O) groups excluding carboxylic acids is 2. The Balaban J connectivity index is 1.73. The van der Waals surface area contributed by atoms with Gasteiger partial charge in [-0.25, -0.2) is 13.1 Å². The molecule has 12 nitrogen and oxygen atoms in total. The number of hydrogen-bond donors (Lipinski definition) is 3. The van der Waals surface area contributed by atoms with Gasteiger partial charge >= 0.3 is 0 Å². The smallest absolute Gasteiger partial charge is 0.293 e. The van der Waals surface area contributed by atoms with E-state index in [0.717, 1.165) is 12.1 Å². The number of nitro groups is 1. The fourth-order valence-corrected chi connectivity index (χ4v) is 4.20. The molecule has 0 bridgehead atoms. The van der Waals surface area contributed by atoms with Crippen LogP contribution in [0.5, 0.6) is 0 Å². The monoisotopic (exact) mass is 478 g/mol. The number of nitrogens with zero attached hydrogens (tertiary/aromatic N) is 2. The van der Waals surface area contributed by atoms with Gasteiger partial charge in [0.05, 0.1) is 22.5 Å². The van der Waals surface area contributed by atoms with E-state index in [2.05, 4.69) is 5.32 Å². The first-order chi connectivity index (χ1) is 15.7. The summed E-state index contributed by atoms with van der Waals surface area (Å²) in [6.07, 6.45) is -0.484. The normalized spacial score (nSPS) is 16.2. The number of aliphatic hydroxyl groups is 1. The van der Waals surface area contributed by atoms with Gasteiger partial charge in [-0.3, -0.25) is 19.7 Å². The molecule has 0 aliphatic carbocycles. The summed E-state index contributed by atoms with van der Waals surface area (Å²) >= 11 is 0. The molecule has 13 heteroatoms. The van der Waals surface area contributed by atoms with Gasteiger partial charge in [0.2, 0.25) is 5.91 Å². The molecular formula is C20H22N4O8S. The Bertz CT molecular complexity index is 1140. The first kappa shape index (κ1) is 24.1. The summed E-state index contributed by atoms with van der Waals surface area (Å²) in [5.41, 5.74) is -0.346. The number of anilines is 1. The number of hydrogen-bond acceptors (Lipinski definition) is 9. The Hall–Kier alpha value is -3.55. The molecule has 2 aromatic carbocycles. The third-order valence-corrected chi connectivity index (χ3v) is 6.21. The highest BCUT2D eigenvalue weighted by atomic mass is 32.2. The molecule has 1 aliphatic rings. The van der Waals surface area contributed by atoms with Crippen LogP contribution < -0.4 is 10.0 Å². The lowest BCUT2D eigenvalue weighted by Crippen LogP contribution is -2.48. The molecule has 1 saturated heterocycles. The number of sulfonamides is 1. The predicted molar refractivity (Wildman–Crippen MR) is 116 cm³/mol. The highest BCUT2D eigenvalue weighted by Gasteiger charge is 2.26. The fourth-order valence-electron chi connectivity index (χ4n) is 3.20. The number of benzene rings is 2. The second-order valence-corrected chi connectivity index (χ2v) is 8.79. The topological polar surface area (TPSA) is 168 Å². The molecule has 2 aromatic rings. The zero-order chi connectivity index (χ0) is 24.0. The number of morpholine rings is 1. The molecule has 0 radical (unpaired) electrons. The molecule has 3 N–H and O–H groups in total. The first-order valence-corrected chi connectivity index (χ1v) is 11.3. The van der Waals surface area contributed by atoms with Crippen LogP contribution in [0.2, 0.25) is 0 Å². The summed E-state index contributed by atoms with van der Waals surface area (Å²) in [6.45, 7) is 0.253. The zero-order valence-electron chi connectivity index (χ0n) is 17.3. The molecule has 176 valence electrons. The van der Waals surface area contributed by atoms with E-state index < -0.39 is 50.1 Å². The zero-order valence-corrected chi connectivity index (χ0v) is 18.2. The van der Waals surface area contributed by atoms with Crippen LogP contribution in [-0.2, 0) is 19.6 Å². The van der Waals surface area contributed by atoms with E-state index in [0.29, 0.717) is 6.54 Å². The Morgan fingerprint density at radius 3 is 2.61 bits per heavy atom. The summed E-state index contributed by atoms with van der Waals surface area (Å²) in [5, 5.41) is 23.4. The second kappa shape index (κ2) is 10.4. The minimum atomic E-state index is -4.36. The van der Waals surface area contributed by atoms with E-state index in [1.165, 1.54) is 23.1 Å². The van der Waals surface area contributed by atoms with Crippen molar-refractivity contribution in [3.8, 4) is 0 Å². The van der Waals surface area contributed by atoms with Crippen molar-refractivity contribution in [2.24, 2.45) is 0 Å². The SMILES string of the molecule is O=C(NS(=O)(=O)c1ccc(NCC2CN(C(=O)CO)CCO2)c([N+](=O)[O-])c1)c1ccccc1. The van der Waals surface area contributed by atoms with Crippen molar-refractivity contribution in [3.63, 3.8) is 0 Å². The second-order valence-electron chi connectivity index (χ2n) is 7.11. The van der Waals surface area contributed by atoms with E-state index in [4.69, 9.17) is 9.84 Å². The van der Waals surface area contributed by atoms with Gasteiger partial charge in [0, 0.05) is 31.3 Å². The van der Waals surface area contributed by atoms with Crippen molar-refractivity contribution in [2.75, 3.05) is 38.2 Å². The largest absolute Gasteiger partial charge is 0.387 e. The lowest BCUT2D eigenvalue weighted by Gasteiger charge is -2.32. The summed E-state index contributed by atoms with van der Waals surface area (Å²) in [4.78, 5) is 35.6. The Morgan fingerprint density at radius 2 is 1.94 bits per heavy atom. The molecule has 0 aromatic heterocycles. The first-order valence-electron chi connectivity index (χ1n) is 9.86. The summed E-state index contributed by atoms with van der Waals surface area (Å²) in [6, 6.07) is 10.9. The quantitative estimate of drug-likeness (QED) is 0.358. The average Bonchev–Trinajstić information content (AvgIpc) is 2.82. The molecule has 0 saturated carbocycles.